The van der Waals surface area contributed by atoms with E-state index in [2.05, 4.69) is 0 Å². The Bertz CT molecular complexity index is 434. The van der Waals surface area contributed by atoms with E-state index in [4.69, 9.17) is 26.8 Å². The molecule has 0 spiro atoms. The smallest absolute Gasteiger partial charge is 0.342 e. The highest BCUT2D eigenvalue weighted by atomic mass is 35.5. The van der Waals surface area contributed by atoms with Gasteiger partial charge in [0, 0.05) is 5.69 Å². The van der Waals surface area contributed by atoms with Crippen molar-refractivity contribution in [3.8, 4) is 5.75 Å². The number of hydrogen-bond acceptors (Lipinski definition) is 4. The van der Waals surface area contributed by atoms with Gasteiger partial charge in [-0.05, 0) is 32.4 Å². The number of esters is 1. The number of hydrogen-bond donors (Lipinski definition) is 1. The molecule has 0 amide bonds. The SMILES string of the molecule is CCOC(=O)c1cc(N)cc(Cl)c1OC(C)CC. The maximum atomic E-state index is 11.8. The van der Waals surface area contributed by atoms with Crippen LogP contribution in [0.1, 0.15) is 37.6 Å². The van der Waals surface area contributed by atoms with Gasteiger partial charge in [0.2, 0.25) is 0 Å². The summed E-state index contributed by atoms with van der Waals surface area (Å²) >= 11 is 6.07. The molecule has 1 aromatic rings. The van der Waals surface area contributed by atoms with Crippen LogP contribution in [0.15, 0.2) is 12.1 Å². The van der Waals surface area contributed by atoms with E-state index in [0.717, 1.165) is 6.42 Å². The topological polar surface area (TPSA) is 61.5 Å². The fourth-order valence-corrected chi connectivity index (χ4v) is 1.65. The number of nitrogen functional groups attached to an aromatic ring is 1. The number of rotatable bonds is 5. The van der Waals surface area contributed by atoms with Crippen molar-refractivity contribution in [2.45, 2.75) is 33.3 Å². The Morgan fingerprint density at radius 2 is 2.11 bits per heavy atom. The second-order valence-electron chi connectivity index (χ2n) is 3.94. The molecule has 0 radical (unpaired) electrons. The number of carbonyl (C=O) groups is 1. The number of ether oxygens (including phenoxy) is 2. The lowest BCUT2D eigenvalue weighted by Crippen LogP contribution is -2.15. The van der Waals surface area contributed by atoms with Gasteiger partial charge in [-0.1, -0.05) is 18.5 Å². The Kier molecular flexibility index (Phi) is 5.28. The molecule has 0 aliphatic carbocycles. The summed E-state index contributed by atoms with van der Waals surface area (Å²) < 4.78 is 10.6. The lowest BCUT2D eigenvalue weighted by molar-refractivity contribution is 0.0519. The highest BCUT2D eigenvalue weighted by molar-refractivity contribution is 6.33. The van der Waals surface area contributed by atoms with Crippen molar-refractivity contribution in [3.63, 3.8) is 0 Å². The van der Waals surface area contributed by atoms with Gasteiger partial charge < -0.3 is 15.2 Å². The summed E-state index contributed by atoms with van der Waals surface area (Å²) in [5, 5.41) is 0.318. The monoisotopic (exact) mass is 271 g/mol. The minimum absolute atomic E-state index is 0.0423. The summed E-state index contributed by atoms with van der Waals surface area (Å²) in [6, 6.07) is 3.07. The molecule has 1 unspecified atom stereocenters. The third kappa shape index (κ3) is 3.53. The average molecular weight is 272 g/mol. The molecular weight excluding hydrogens is 254 g/mol. The van der Waals surface area contributed by atoms with E-state index in [1.54, 1.807) is 13.0 Å². The molecule has 0 saturated carbocycles. The molecule has 4 nitrogen and oxygen atoms in total. The van der Waals surface area contributed by atoms with Crippen LogP contribution in [0.5, 0.6) is 5.75 Å². The first-order valence-electron chi connectivity index (χ1n) is 5.92. The molecule has 0 bridgehead atoms. The Morgan fingerprint density at radius 1 is 1.44 bits per heavy atom. The molecule has 0 saturated heterocycles. The average Bonchev–Trinajstić information content (AvgIpc) is 2.32. The van der Waals surface area contributed by atoms with Gasteiger partial charge in [0.1, 0.15) is 5.56 Å². The molecule has 5 heteroatoms. The van der Waals surface area contributed by atoms with Crippen LogP contribution in [0.2, 0.25) is 5.02 Å². The van der Waals surface area contributed by atoms with Gasteiger partial charge >= 0.3 is 5.97 Å². The van der Waals surface area contributed by atoms with Crippen LogP contribution in [0.4, 0.5) is 5.69 Å². The molecular formula is C13H18ClNO3. The summed E-state index contributed by atoms with van der Waals surface area (Å²) in [6.45, 7) is 5.91. The first kappa shape index (κ1) is 14.6. The third-order valence-corrected chi connectivity index (χ3v) is 2.74. The quantitative estimate of drug-likeness (QED) is 0.659. The standard InChI is InChI=1S/C13H18ClNO3/c1-4-8(3)18-12-10(13(16)17-5-2)6-9(15)7-11(12)14/h6-8H,4-5,15H2,1-3H3. The predicted octanol–water partition coefficient (Wildman–Crippen LogP) is 3.28. The van der Waals surface area contributed by atoms with Crippen molar-refractivity contribution < 1.29 is 14.3 Å². The van der Waals surface area contributed by atoms with Crippen LogP contribution in [-0.4, -0.2) is 18.7 Å². The van der Waals surface area contributed by atoms with Crippen molar-refractivity contribution in [2.75, 3.05) is 12.3 Å². The lowest BCUT2D eigenvalue weighted by atomic mass is 10.1. The van der Waals surface area contributed by atoms with Gasteiger partial charge in [0.05, 0.1) is 17.7 Å². The highest BCUT2D eigenvalue weighted by Crippen LogP contribution is 2.33. The van der Waals surface area contributed by atoms with Crippen molar-refractivity contribution >= 4 is 23.3 Å². The number of anilines is 1. The molecule has 18 heavy (non-hydrogen) atoms. The van der Waals surface area contributed by atoms with E-state index < -0.39 is 5.97 Å². The van der Waals surface area contributed by atoms with Crippen LogP contribution in [-0.2, 0) is 4.74 Å². The van der Waals surface area contributed by atoms with Crippen molar-refractivity contribution in [1.29, 1.82) is 0 Å². The molecule has 0 heterocycles. The van der Waals surface area contributed by atoms with Gasteiger partial charge in [-0.2, -0.15) is 0 Å². The molecule has 1 aromatic carbocycles. The van der Waals surface area contributed by atoms with E-state index >= 15 is 0 Å². The Hall–Kier alpha value is -1.42. The second-order valence-corrected chi connectivity index (χ2v) is 4.34. The van der Waals surface area contributed by atoms with Gasteiger partial charge in [-0.25, -0.2) is 4.79 Å². The predicted molar refractivity (Wildman–Crippen MR) is 72.2 cm³/mol. The number of carbonyl (C=O) groups excluding carboxylic acids is 1. The first-order valence-corrected chi connectivity index (χ1v) is 6.30. The molecule has 0 aliphatic rings. The van der Waals surface area contributed by atoms with E-state index in [-0.39, 0.29) is 18.3 Å². The fraction of sp³-hybridized carbons (Fsp3) is 0.462. The highest BCUT2D eigenvalue weighted by Gasteiger charge is 2.19. The summed E-state index contributed by atoms with van der Waals surface area (Å²) in [7, 11) is 0. The van der Waals surface area contributed by atoms with Crippen LogP contribution in [0.25, 0.3) is 0 Å². The number of benzene rings is 1. The Balaban J connectivity index is 3.16. The minimum atomic E-state index is -0.481. The lowest BCUT2D eigenvalue weighted by Gasteiger charge is -2.17. The molecule has 0 fully saturated rings. The van der Waals surface area contributed by atoms with Gasteiger partial charge in [0.25, 0.3) is 0 Å². The van der Waals surface area contributed by atoms with Crippen molar-refractivity contribution in [1.82, 2.24) is 0 Å². The summed E-state index contributed by atoms with van der Waals surface area (Å²) in [5.41, 5.74) is 6.35. The molecule has 0 aromatic heterocycles. The van der Waals surface area contributed by atoms with Crippen LogP contribution >= 0.6 is 11.6 Å². The van der Waals surface area contributed by atoms with Crippen LogP contribution in [0, 0.1) is 0 Å². The van der Waals surface area contributed by atoms with Crippen molar-refractivity contribution in [2.24, 2.45) is 0 Å². The fourth-order valence-electron chi connectivity index (χ4n) is 1.38. The summed E-state index contributed by atoms with van der Waals surface area (Å²) in [4.78, 5) is 11.8. The zero-order chi connectivity index (χ0) is 13.7. The zero-order valence-electron chi connectivity index (χ0n) is 10.8. The molecule has 1 atom stereocenters. The number of nitrogens with two attached hydrogens (primary N) is 1. The Labute approximate surface area is 112 Å². The van der Waals surface area contributed by atoms with Crippen LogP contribution < -0.4 is 10.5 Å². The summed E-state index contributed by atoms with van der Waals surface area (Å²) in [5.74, 6) is -0.149. The van der Waals surface area contributed by atoms with Gasteiger partial charge in [0.15, 0.2) is 5.75 Å². The van der Waals surface area contributed by atoms with E-state index in [1.807, 2.05) is 13.8 Å². The minimum Gasteiger partial charge on any atom is -0.488 e. The van der Waals surface area contributed by atoms with Gasteiger partial charge in [-0.15, -0.1) is 0 Å². The van der Waals surface area contributed by atoms with E-state index in [0.29, 0.717) is 16.5 Å². The second kappa shape index (κ2) is 6.50. The molecule has 1 rings (SSSR count). The summed E-state index contributed by atoms with van der Waals surface area (Å²) in [6.07, 6.45) is 0.766. The van der Waals surface area contributed by atoms with Crippen LogP contribution in [0.3, 0.4) is 0 Å². The third-order valence-electron chi connectivity index (χ3n) is 2.46. The largest absolute Gasteiger partial charge is 0.488 e. The molecule has 0 aliphatic heterocycles. The zero-order valence-corrected chi connectivity index (χ0v) is 11.6. The maximum Gasteiger partial charge on any atom is 0.342 e. The normalized spacial score (nSPS) is 12.0. The van der Waals surface area contributed by atoms with Gasteiger partial charge in [-0.3, -0.25) is 0 Å². The Morgan fingerprint density at radius 3 is 2.67 bits per heavy atom. The van der Waals surface area contributed by atoms with E-state index in [1.165, 1.54) is 6.07 Å². The number of halogens is 1. The van der Waals surface area contributed by atoms with E-state index in [9.17, 15) is 4.79 Å². The first-order chi connectivity index (χ1) is 8.49. The van der Waals surface area contributed by atoms with Crippen molar-refractivity contribution in [3.05, 3.63) is 22.7 Å². The molecule has 2 N–H and O–H groups in total. The molecule has 100 valence electrons. The maximum absolute atomic E-state index is 11.8.